The second-order valence-corrected chi connectivity index (χ2v) is 6.94. The van der Waals surface area contributed by atoms with Crippen molar-refractivity contribution in [2.75, 3.05) is 14.2 Å². The Balaban J connectivity index is 2.13. The molecule has 0 aliphatic rings. The molecule has 4 aromatic rings. The standard InChI is InChI=1S/C22H15F6N3O2/c1-32-14-8-6-12(7-9-14)19-18(13-4-3-5-15(10-13)33-2)20-29-16(21(23,24)25)11-17(22(26,27)28)31(20)30-19/h3-11H,1-2H3. The third-order valence-corrected chi connectivity index (χ3v) is 4.89. The molecule has 0 N–H and O–H groups in total. The fourth-order valence-corrected chi connectivity index (χ4v) is 3.36. The molecule has 33 heavy (non-hydrogen) atoms. The zero-order valence-corrected chi connectivity index (χ0v) is 17.1. The Hall–Kier alpha value is -3.76. The van der Waals surface area contributed by atoms with Crippen molar-refractivity contribution in [3.05, 3.63) is 66.0 Å². The minimum atomic E-state index is -5.12. The molecule has 2 aromatic carbocycles. The number of halogens is 6. The van der Waals surface area contributed by atoms with Crippen LogP contribution in [0.2, 0.25) is 0 Å². The minimum Gasteiger partial charge on any atom is -0.497 e. The maximum absolute atomic E-state index is 13.8. The first-order chi connectivity index (χ1) is 15.5. The van der Waals surface area contributed by atoms with Crippen molar-refractivity contribution in [2.24, 2.45) is 0 Å². The van der Waals surface area contributed by atoms with E-state index in [0.29, 0.717) is 21.6 Å². The first-order valence-electron chi connectivity index (χ1n) is 9.40. The summed E-state index contributed by atoms with van der Waals surface area (Å²) in [5, 5.41) is 4.05. The number of benzene rings is 2. The van der Waals surface area contributed by atoms with Crippen molar-refractivity contribution in [1.82, 2.24) is 14.6 Å². The highest BCUT2D eigenvalue weighted by Gasteiger charge is 2.41. The summed E-state index contributed by atoms with van der Waals surface area (Å²) in [6.07, 6.45) is -10.2. The summed E-state index contributed by atoms with van der Waals surface area (Å²) in [6.45, 7) is 0. The van der Waals surface area contributed by atoms with Crippen LogP contribution < -0.4 is 9.47 Å². The van der Waals surface area contributed by atoms with Crippen LogP contribution in [0.15, 0.2) is 54.6 Å². The predicted octanol–water partition coefficient (Wildman–Crippen LogP) is 6.12. The molecule has 172 valence electrons. The summed E-state index contributed by atoms with van der Waals surface area (Å²) < 4.78 is 92.3. The van der Waals surface area contributed by atoms with Crippen LogP contribution in [-0.4, -0.2) is 28.8 Å². The van der Waals surface area contributed by atoms with E-state index in [0.717, 1.165) is 0 Å². The zero-order chi connectivity index (χ0) is 24.0. The van der Waals surface area contributed by atoms with Crippen molar-refractivity contribution in [3.63, 3.8) is 0 Å². The number of hydrogen-bond donors (Lipinski definition) is 0. The van der Waals surface area contributed by atoms with Gasteiger partial charge in [0.15, 0.2) is 11.3 Å². The summed E-state index contributed by atoms with van der Waals surface area (Å²) >= 11 is 0. The first-order valence-corrected chi connectivity index (χ1v) is 9.40. The van der Waals surface area contributed by atoms with Gasteiger partial charge in [0.1, 0.15) is 22.9 Å². The molecule has 5 nitrogen and oxygen atoms in total. The second kappa shape index (κ2) is 7.98. The maximum Gasteiger partial charge on any atom is 0.433 e. The molecular weight excluding hydrogens is 452 g/mol. The molecule has 0 aliphatic heterocycles. The number of methoxy groups -OCH3 is 2. The fourth-order valence-electron chi connectivity index (χ4n) is 3.36. The quantitative estimate of drug-likeness (QED) is 0.340. The van der Waals surface area contributed by atoms with Gasteiger partial charge in [-0.25, -0.2) is 9.50 Å². The summed E-state index contributed by atoms with van der Waals surface area (Å²) in [6, 6.07) is 12.3. The minimum absolute atomic E-state index is 0.00401. The Labute approximate surface area is 183 Å². The summed E-state index contributed by atoms with van der Waals surface area (Å²) in [5.74, 6) is 0.842. The number of hydrogen-bond acceptors (Lipinski definition) is 4. The van der Waals surface area contributed by atoms with Crippen LogP contribution >= 0.6 is 0 Å². The summed E-state index contributed by atoms with van der Waals surface area (Å²) in [5.41, 5.74) is -3.19. The summed E-state index contributed by atoms with van der Waals surface area (Å²) in [4.78, 5) is 3.54. The summed E-state index contributed by atoms with van der Waals surface area (Å²) in [7, 11) is 2.83. The van der Waals surface area contributed by atoms with E-state index < -0.39 is 29.4 Å². The van der Waals surface area contributed by atoms with E-state index in [2.05, 4.69) is 10.1 Å². The van der Waals surface area contributed by atoms with Crippen LogP contribution in [0.25, 0.3) is 28.0 Å². The van der Waals surface area contributed by atoms with Crippen LogP contribution in [0.5, 0.6) is 11.5 Å². The van der Waals surface area contributed by atoms with E-state index in [-0.39, 0.29) is 22.9 Å². The van der Waals surface area contributed by atoms with Crippen molar-refractivity contribution < 1.29 is 35.8 Å². The highest BCUT2D eigenvalue weighted by Crippen LogP contribution is 2.41. The molecule has 0 atom stereocenters. The lowest BCUT2D eigenvalue weighted by molar-refractivity contribution is -0.148. The molecule has 0 fully saturated rings. The lowest BCUT2D eigenvalue weighted by Crippen LogP contribution is -2.18. The average molecular weight is 467 g/mol. The lowest BCUT2D eigenvalue weighted by atomic mass is 10.0. The van der Waals surface area contributed by atoms with E-state index in [4.69, 9.17) is 9.47 Å². The Morgan fingerprint density at radius 3 is 2.00 bits per heavy atom. The van der Waals surface area contributed by atoms with Gasteiger partial charge in [0.2, 0.25) is 0 Å². The SMILES string of the molecule is COc1ccc(-c2nn3c(C(F)(F)F)cc(C(F)(F)F)nc3c2-c2cccc(OC)c2)cc1. The van der Waals surface area contributed by atoms with Gasteiger partial charge in [-0.2, -0.15) is 31.4 Å². The smallest absolute Gasteiger partial charge is 0.433 e. The molecule has 0 aliphatic carbocycles. The van der Waals surface area contributed by atoms with Crippen molar-refractivity contribution in [2.45, 2.75) is 12.4 Å². The molecule has 4 rings (SSSR count). The van der Waals surface area contributed by atoms with Gasteiger partial charge in [-0.3, -0.25) is 0 Å². The fraction of sp³-hybridized carbons (Fsp3) is 0.182. The molecule has 0 radical (unpaired) electrons. The average Bonchev–Trinajstić information content (AvgIpc) is 3.16. The van der Waals surface area contributed by atoms with Crippen LogP contribution in [0.3, 0.4) is 0 Å². The molecule has 0 unspecified atom stereocenters. The molecular formula is C22H15F6N3O2. The van der Waals surface area contributed by atoms with Crippen LogP contribution in [0, 0.1) is 0 Å². The van der Waals surface area contributed by atoms with E-state index in [1.54, 1.807) is 36.4 Å². The van der Waals surface area contributed by atoms with Crippen molar-refractivity contribution in [3.8, 4) is 33.9 Å². The predicted molar refractivity (Wildman–Crippen MR) is 107 cm³/mol. The number of ether oxygens (including phenoxy) is 2. The van der Waals surface area contributed by atoms with Crippen molar-refractivity contribution in [1.29, 1.82) is 0 Å². The van der Waals surface area contributed by atoms with Gasteiger partial charge in [0.05, 0.1) is 19.8 Å². The van der Waals surface area contributed by atoms with Crippen molar-refractivity contribution >= 4 is 5.65 Å². The number of fused-ring (bicyclic) bond motifs is 1. The lowest BCUT2D eigenvalue weighted by Gasteiger charge is -2.13. The molecule has 2 heterocycles. The third-order valence-electron chi connectivity index (χ3n) is 4.89. The van der Waals surface area contributed by atoms with Crippen LogP contribution in [-0.2, 0) is 12.4 Å². The molecule has 2 aromatic heterocycles. The topological polar surface area (TPSA) is 48.7 Å². The second-order valence-electron chi connectivity index (χ2n) is 6.94. The molecule has 11 heteroatoms. The van der Waals surface area contributed by atoms with Crippen LogP contribution in [0.4, 0.5) is 26.3 Å². The van der Waals surface area contributed by atoms with Gasteiger partial charge < -0.3 is 9.47 Å². The van der Waals surface area contributed by atoms with Gasteiger partial charge >= 0.3 is 12.4 Å². The van der Waals surface area contributed by atoms with Gasteiger partial charge in [0, 0.05) is 5.56 Å². The number of alkyl halides is 6. The molecule has 0 amide bonds. The maximum atomic E-state index is 13.8. The van der Waals surface area contributed by atoms with Crippen LogP contribution in [0.1, 0.15) is 11.4 Å². The third kappa shape index (κ3) is 4.18. The van der Waals surface area contributed by atoms with E-state index in [9.17, 15) is 26.3 Å². The van der Waals surface area contributed by atoms with Gasteiger partial charge in [-0.05, 0) is 48.0 Å². The Bertz CT molecular complexity index is 1310. The van der Waals surface area contributed by atoms with E-state index in [1.807, 2.05) is 0 Å². The number of nitrogens with zero attached hydrogens (tertiary/aromatic N) is 3. The Morgan fingerprint density at radius 1 is 0.758 bits per heavy atom. The number of rotatable bonds is 4. The van der Waals surface area contributed by atoms with E-state index >= 15 is 0 Å². The molecule has 0 saturated carbocycles. The monoisotopic (exact) mass is 467 g/mol. The zero-order valence-electron chi connectivity index (χ0n) is 17.1. The number of aromatic nitrogens is 3. The van der Waals surface area contributed by atoms with Gasteiger partial charge in [0.25, 0.3) is 0 Å². The molecule has 0 saturated heterocycles. The largest absolute Gasteiger partial charge is 0.497 e. The van der Waals surface area contributed by atoms with Gasteiger partial charge in [-0.15, -0.1) is 0 Å². The Kier molecular flexibility index (Phi) is 5.43. The highest BCUT2D eigenvalue weighted by molar-refractivity contribution is 5.91. The molecule has 0 spiro atoms. The first kappa shape index (κ1) is 22.4. The Morgan fingerprint density at radius 2 is 1.42 bits per heavy atom. The van der Waals surface area contributed by atoms with E-state index in [1.165, 1.54) is 26.4 Å². The highest BCUT2D eigenvalue weighted by atomic mass is 19.4. The molecule has 0 bridgehead atoms. The van der Waals surface area contributed by atoms with Gasteiger partial charge in [-0.1, -0.05) is 12.1 Å². The normalized spacial score (nSPS) is 12.2.